The van der Waals surface area contributed by atoms with Gasteiger partial charge in [-0.25, -0.2) is 9.37 Å². The fourth-order valence-corrected chi connectivity index (χ4v) is 2.22. The van der Waals surface area contributed by atoms with Crippen LogP contribution in [0.25, 0.3) is 11.0 Å². The van der Waals surface area contributed by atoms with Crippen LogP contribution in [0.15, 0.2) is 42.5 Å². The van der Waals surface area contributed by atoms with E-state index in [1.807, 2.05) is 16.7 Å². The van der Waals surface area contributed by atoms with Gasteiger partial charge in [-0.1, -0.05) is 23.7 Å². The minimum absolute atomic E-state index is 0.254. The van der Waals surface area contributed by atoms with Gasteiger partial charge < -0.3 is 10.3 Å². The first-order valence-corrected chi connectivity index (χ1v) is 6.17. The minimum Gasteiger partial charge on any atom is -0.369 e. The molecule has 0 aliphatic rings. The first-order valence-electron chi connectivity index (χ1n) is 5.79. The monoisotopic (exact) mass is 275 g/mol. The van der Waals surface area contributed by atoms with Crippen molar-refractivity contribution in [2.24, 2.45) is 0 Å². The molecule has 0 saturated carbocycles. The number of nitrogen functional groups attached to an aromatic ring is 1. The van der Waals surface area contributed by atoms with Crippen LogP contribution < -0.4 is 5.73 Å². The summed E-state index contributed by atoms with van der Waals surface area (Å²) >= 11 is 5.99. The second kappa shape index (κ2) is 4.55. The van der Waals surface area contributed by atoms with Gasteiger partial charge in [0.1, 0.15) is 5.82 Å². The molecular weight excluding hydrogens is 265 g/mol. The molecule has 96 valence electrons. The van der Waals surface area contributed by atoms with Crippen molar-refractivity contribution in [3.63, 3.8) is 0 Å². The van der Waals surface area contributed by atoms with E-state index in [0.717, 1.165) is 16.6 Å². The van der Waals surface area contributed by atoms with Gasteiger partial charge in [0.05, 0.1) is 17.6 Å². The summed E-state index contributed by atoms with van der Waals surface area (Å²) in [4.78, 5) is 4.28. The second-order valence-electron chi connectivity index (χ2n) is 4.32. The zero-order valence-electron chi connectivity index (χ0n) is 9.98. The maximum absolute atomic E-state index is 12.9. The van der Waals surface area contributed by atoms with Crippen molar-refractivity contribution in [3.05, 3.63) is 58.9 Å². The maximum Gasteiger partial charge on any atom is 0.201 e. The molecule has 0 aliphatic carbocycles. The van der Waals surface area contributed by atoms with Gasteiger partial charge >= 0.3 is 0 Å². The van der Waals surface area contributed by atoms with Gasteiger partial charge in [0.25, 0.3) is 0 Å². The quantitative estimate of drug-likeness (QED) is 0.778. The van der Waals surface area contributed by atoms with Crippen molar-refractivity contribution in [1.29, 1.82) is 0 Å². The van der Waals surface area contributed by atoms with Gasteiger partial charge in [-0.2, -0.15) is 0 Å². The lowest BCUT2D eigenvalue weighted by atomic mass is 10.2. The van der Waals surface area contributed by atoms with Gasteiger partial charge in [-0.05, 0) is 35.9 Å². The maximum atomic E-state index is 12.9. The summed E-state index contributed by atoms with van der Waals surface area (Å²) in [6.45, 7) is 0.531. The Kier molecular flexibility index (Phi) is 2.87. The van der Waals surface area contributed by atoms with Crippen LogP contribution >= 0.6 is 11.6 Å². The highest BCUT2D eigenvalue weighted by atomic mass is 35.5. The minimum atomic E-state index is -0.254. The number of aromatic nitrogens is 2. The number of fused-ring (bicyclic) bond motifs is 1. The fraction of sp³-hybridized carbons (Fsp3) is 0.0714. The third-order valence-corrected chi connectivity index (χ3v) is 3.23. The lowest BCUT2D eigenvalue weighted by Crippen LogP contribution is -2.04. The molecule has 0 amide bonds. The van der Waals surface area contributed by atoms with Gasteiger partial charge in [-0.15, -0.1) is 0 Å². The topological polar surface area (TPSA) is 43.8 Å². The Bertz CT molecular complexity index is 734. The van der Waals surface area contributed by atoms with Crippen molar-refractivity contribution >= 4 is 28.6 Å². The molecule has 5 heteroatoms. The highest BCUT2D eigenvalue weighted by Crippen LogP contribution is 2.23. The number of imidazole rings is 1. The van der Waals surface area contributed by atoms with E-state index < -0.39 is 0 Å². The summed E-state index contributed by atoms with van der Waals surface area (Å²) in [5, 5.41) is 0.632. The third-order valence-electron chi connectivity index (χ3n) is 2.99. The van der Waals surface area contributed by atoms with E-state index in [1.165, 1.54) is 12.1 Å². The Morgan fingerprint density at radius 3 is 2.63 bits per heavy atom. The number of benzene rings is 2. The molecule has 0 spiro atoms. The first kappa shape index (κ1) is 12.0. The smallest absolute Gasteiger partial charge is 0.201 e. The molecule has 19 heavy (non-hydrogen) atoms. The number of anilines is 1. The van der Waals surface area contributed by atoms with E-state index in [-0.39, 0.29) is 5.82 Å². The van der Waals surface area contributed by atoms with Gasteiger partial charge in [-0.3, -0.25) is 0 Å². The average molecular weight is 276 g/mol. The number of rotatable bonds is 2. The Morgan fingerprint density at radius 2 is 1.89 bits per heavy atom. The zero-order valence-corrected chi connectivity index (χ0v) is 10.7. The Morgan fingerprint density at radius 1 is 1.16 bits per heavy atom. The zero-order chi connectivity index (χ0) is 13.4. The van der Waals surface area contributed by atoms with E-state index in [1.54, 1.807) is 18.2 Å². The van der Waals surface area contributed by atoms with Crippen LogP contribution in [0.2, 0.25) is 5.02 Å². The summed E-state index contributed by atoms with van der Waals surface area (Å²) in [6, 6.07) is 11.7. The Labute approximate surface area is 114 Å². The highest BCUT2D eigenvalue weighted by Gasteiger charge is 2.09. The van der Waals surface area contributed by atoms with E-state index >= 15 is 0 Å². The predicted molar refractivity (Wildman–Crippen MR) is 74.7 cm³/mol. The van der Waals surface area contributed by atoms with Gasteiger partial charge in [0, 0.05) is 5.02 Å². The van der Waals surface area contributed by atoms with Crippen LogP contribution in [0.3, 0.4) is 0 Å². The molecule has 2 aromatic carbocycles. The van der Waals surface area contributed by atoms with E-state index in [4.69, 9.17) is 17.3 Å². The van der Waals surface area contributed by atoms with Crippen LogP contribution in [-0.2, 0) is 6.54 Å². The summed E-state index contributed by atoms with van der Waals surface area (Å²) < 4.78 is 14.7. The van der Waals surface area contributed by atoms with Crippen molar-refractivity contribution in [2.75, 3.05) is 5.73 Å². The van der Waals surface area contributed by atoms with Crippen molar-refractivity contribution in [2.45, 2.75) is 6.54 Å². The summed E-state index contributed by atoms with van der Waals surface area (Å²) in [7, 11) is 0. The highest BCUT2D eigenvalue weighted by molar-refractivity contribution is 6.31. The van der Waals surface area contributed by atoms with Crippen molar-refractivity contribution in [1.82, 2.24) is 9.55 Å². The first-order chi connectivity index (χ1) is 9.13. The third kappa shape index (κ3) is 2.27. The molecule has 0 fully saturated rings. The molecular formula is C14H11ClFN3. The molecule has 1 aromatic heterocycles. The molecule has 0 bridgehead atoms. The molecule has 0 radical (unpaired) electrons. The average Bonchev–Trinajstić information content (AvgIpc) is 2.69. The Hall–Kier alpha value is -2.07. The largest absolute Gasteiger partial charge is 0.369 e. The second-order valence-corrected chi connectivity index (χ2v) is 4.75. The molecule has 3 aromatic rings. The van der Waals surface area contributed by atoms with E-state index in [2.05, 4.69) is 4.98 Å². The summed E-state index contributed by atoms with van der Waals surface area (Å²) in [5.41, 5.74) is 8.53. The SMILES string of the molecule is Nc1nc2ccc(Cl)cc2n1Cc1ccc(F)cc1. The van der Waals surface area contributed by atoms with Gasteiger partial charge in [0.15, 0.2) is 0 Å². The molecule has 0 aliphatic heterocycles. The number of hydrogen-bond acceptors (Lipinski definition) is 2. The van der Waals surface area contributed by atoms with Crippen LogP contribution in [-0.4, -0.2) is 9.55 Å². The molecule has 3 nitrogen and oxygen atoms in total. The molecule has 0 atom stereocenters. The lowest BCUT2D eigenvalue weighted by molar-refractivity contribution is 0.626. The number of nitrogens with two attached hydrogens (primary N) is 1. The summed E-state index contributed by atoms with van der Waals surface area (Å²) in [5.74, 6) is 0.164. The predicted octanol–water partition coefficient (Wildman–Crippen LogP) is 3.46. The molecule has 1 heterocycles. The van der Waals surface area contributed by atoms with Crippen LogP contribution in [0.1, 0.15) is 5.56 Å². The number of hydrogen-bond donors (Lipinski definition) is 1. The number of halogens is 2. The number of nitrogens with zero attached hydrogens (tertiary/aromatic N) is 2. The molecule has 0 saturated heterocycles. The fourth-order valence-electron chi connectivity index (χ4n) is 2.05. The van der Waals surface area contributed by atoms with Crippen LogP contribution in [0.4, 0.5) is 10.3 Å². The molecule has 3 rings (SSSR count). The normalized spacial score (nSPS) is 11.1. The van der Waals surface area contributed by atoms with Crippen molar-refractivity contribution < 1.29 is 4.39 Å². The lowest BCUT2D eigenvalue weighted by Gasteiger charge is -2.06. The summed E-state index contributed by atoms with van der Waals surface area (Å²) in [6.07, 6.45) is 0. The van der Waals surface area contributed by atoms with Crippen molar-refractivity contribution in [3.8, 4) is 0 Å². The molecule has 2 N–H and O–H groups in total. The van der Waals surface area contributed by atoms with Crippen LogP contribution in [0, 0.1) is 5.82 Å². The van der Waals surface area contributed by atoms with E-state index in [9.17, 15) is 4.39 Å². The van der Waals surface area contributed by atoms with E-state index in [0.29, 0.717) is 17.5 Å². The van der Waals surface area contributed by atoms with Crippen LogP contribution in [0.5, 0.6) is 0 Å². The Balaban J connectivity index is 2.06. The van der Waals surface area contributed by atoms with Gasteiger partial charge in [0.2, 0.25) is 5.95 Å². The molecule has 0 unspecified atom stereocenters. The standard InChI is InChI=1S/C14H11ClFN3/c15-10-3-6-12-13(7-10)19(14(17)18-12)8-9-1-4-11(16)5-2-9/h1-7H,8H2,(H2,17,18).